The summed E-state index contributed by atoms with van der Waals surface area (Å²) in [5.41, 5.74) is 11.0. The highest BCUT2D eigenvalue weighted by Crippen LogP contribution is 2.08. The van der Waals surface area contributed by atoms with E-state index in [2.05, 4.69) is 21.3 Å². The summed E-state index contributed by atoms with van der Waals surface area (Å²) >= 11 is 0. The molecule has 5 unspecified atom stereocenters. The van der Waals surface area contributed by atoms with E-state index in [-0.39, 0.29) is 18.4 Å². The lowest BCUT2D eigenvalue weighted by Gasteiger charge is -2.26. The van der Waals surface area contributed by atoms with Crippen molar-refractivity contribution in [3.63, 3.8) is 0 Å². The number of rotatable bonds is 16. The minimum Gasteiger partial charge on any atom is -0.480 e. The Hall–Kier alpha value is -2.28. The summed E-state index contributed by atoms with van der Waals surface area (Å²) in [6.45, 7) is 2.88. The first-order chi connectivity index (χ1) is 15.7. The molecule has 5 atom stereocenters. The maximum atomic E-state index is 12.9. The lowest BCUT2D eigenvalue weighted by Crippen LogP contribution is -2.59. The molecule has 3 amide bonds. The highest BCUT2D eigenvalue weighted by molar-refractivity contribution is 5.94. The molecule has 0 radical (unpaired) electrons. The topological polar surface area (TPSA) is 209 Å². The van der Waals surface area contributed by atoms with Crippen LogP contribution in [-0.4, -0.2) is 83.8 Å². The maximum Gasteiger partial charge on any atom is 0.326 e. The van der Waals surface area contributed by atoms with Crippen LogP contribution in [-0.2, 0) is 19.2 Å². The fourth-order valence-electron chi connectivity index (χ4n) is 3.61. The van der Waals surface area contributed by atoms with Crippen LogP contribution in [0.1, 0.15) is 58.3 Å². The van der Waals surface area contributed by atoms with Gasteiger partial charge in [-0.25, -0.2) is 4.79 Å². The van der Waals surface area contributed by atoms with Crippen LogP contribution in [0.3, 0.4) is 0 Å². The first kappa shape index (κ1) is 28.8. The Morgan fingerprint density at radius 2 is 1.55 bits per heavy atom. The molecule has 0 saturated carbocycles. The van der Waals surface area contributed by atoms with Gasteiger partial charge >= 0.3 is 5.97 Å². The molecule has 1 fully saturated rings. The molecule has 1 aliphatic heterocycles. The number of unbranched alkanes of at least 4 members (excludes halogenated alkanes) is 2. The van der Waals surface area contributed by atoms with Crippen LogP contribution < -0.4 is 32.7 Å². The second-order valence-electron chi connectivity index (χ2n) is 8.41. The third-order valence-corrected chi connectivity index (χ3v) is 5.58. The number of carboxylic acid groups (broad SMARTS) is 1. The zero-order chi connectivity index (χ0) is 24.8. The number of hydrogen-bond acceptors (Lipinski definition) is 8. The van der Waals surface area contributed by atoms with E-state index in [1.54, 1.807) is 0 Å². The molecule has 0 aromatic heterocycles. The molecule has 190 valence electrons. The summed E-state index contributed by atoms with van der Waals surface area (Å²) in [5.74, 6) is -2.96. The van der Waals surface area contributed by atoms with Gasteiger partial charge in [-0.3, -0.25) is 14.4 Å². The number of aliphatic hydroxyl groups is 1. The van der Waals surface area contributed by atoms with Gasteiger partial charge in [0.1, 0.15) is 18.1 Å². The number of hydrogen-bond donors (Lipinski definition) is 8. The van der Waals surface area contributed by atoms with E-state index in [1.165, 1.54) is 6.92 Å². The molecule has 12 heteroatoms. The molecule has 1 saturated heterocycles. The number of nitrogens with two attached hydrogens (primary N) is 2. The minimum absolute atomic E-state index is 0.172. The van der Waals surface area contributed by atoms with Gasteiger partial charge in [-0.1, -0.05) is 0 Å². The molecule has 12 nitrogen and oxygen atoms in total. The van der Waals surface area contributed by atoms with Crippen LogP contribution in [0.4, 0.5) is 0 Å². The standard InChI is InChI=1S/C21H40N6O6/c1-13(28)17(20(31)26-16(21(32)33)8-3-5-11-23)27-19(30)15(7-2-4-10-22)25-18(29)14-9-6-12-24-14/h13-17,24,28H,2-12,22-23H2,1H3,(H,25,29)(H,26,31)(H,27,30)(H,32,33). The molecule has 0 aliphatic carbocycles. The minimum atomic E-state index is -1.38. The number of carboxylic acids is 1. The van der Waals surface area contributed by atoms with Crippen molar-refractivity contribution < 1.29 is 29.4 Å². The van der Waals surface area contributed by atoms with Gasteiger partial charge in [-0.15, -0.1) is 0 Å². The Bertz CT molecular complexity index is 641. The quantitative estimate of drug-likeness (QED) is 0.116. The summed E-state index contributed by atoms with van der Waals surface area (Å²) in [6, 6.07) is -3.85. The number of amides is 3. The fourth-order valence-corrected chi connectivity index (χ4v) is 3.61. The second-order valence-corrected chi connectivity index (χ2v) is 8.41. The monoisotopic (exact) mass is 472 g/mol. The van der Waals surface area contributed by atoms with Crippen LogP contribution in [0.2, 0.25) is 0 Å². The van der Waals surface area contributed by atoms with Crippen molar-refractivity contribution in [2.24, 2.45) is 11.5 Å². The van der Waals surface area contributed by atoms with Crippen molar-refractivity contribution in [2.75, 3.05) is 19.6 Å². The van der Waals surface area contributed by atoms with Gasteiger partial charge in [0, 0.05) is 0 Å². The summed E-state index contributed by atoms with van der Waals surface area (Å²) in [5, 5.41) is 30.1. The smallest absolute Gasteiger partial charge is 0.326 e. The fraction of sp³-hybridized carbons (Fsp3) is 0.810. The van der Waals surface area contributed by atoms with Gasteiger partial charge in [0.05, 0.1) is 12.1 Å². The van der Waals surface area contributed by atoms with Gasteiger partial charge in [0.25, 0.3) is 0 Å². The Labute approximate surface area is 194 Å². The molecule has 0 aromatic rings. The Kier molecular flexibility index (Phi) is 13.5. The van der Waals surface area contributed by atoms with E-state index in [9.17, 15) is 29.4 Å². The normalized spacial score (nSPS) is 19.2. The van der Waals surface area contributed by atoms with Crippen LogP contribution in [0.25, 0.3) is 0 Å². The number of nitrogens with one attached hydrogen (secondary N) is 4. The van der Waals surface area contributed by atoms with Crippen molar-refractivity contribution in [1.82, 2.24) is 21.3 Å². The van der Waals surface area contributed by atoms with Crippen LogP contribution in [0.15, 0.2) is 0 Å². The van der Waals surface area contributed by atoms with Crippen LogP contribution in [0.5, 0.6) is 0 Å². The highest BCUT2D eigenvalue weighted by Gasteiger charge is 2.33. The van der Waals surface area contributed by atoms with E-state index in [0.717, 1.165) is 13.0 Å². The van der Waals surface area contributed by atoms with Gasteiger partial charge in [-0.05, 0) is 77.9 Å². The molecule has 0 bridgehead atoms. The van der Waals surface area contributed by atoms with E-state index in [0.29, 0.717) is 51.6 Å². The van der Waals surface area contributed by atoms with Gasteiger partial charge in [-0.2, -0.15) is 0 Å². The Morgan fingerprint density at radius 1 is 0.939 bits per heavy atom. The number of carbonyl (C=O) groups is 4. The highest BCUT2D eigenvalue weighted by atomic mass is 16.4. The van der Waals surface area contributed by atoms with E-state index in [4.69, 9.17) is 11.5 Å². The predicted octanol–water partition coefficient (Wildman–Crippen LogP) is -2.08. The molecule has 1 aliphatic rings. The molecule has 0 spiro atoms. The number of carbonyl (C=O) groups excluding carboxylic acids is 3. The average molecular weight is 473 g/mol. The summed E-state index contributed by atoms with van der Waals surface area (Å²) in [4.78, 5) is 49.6. The summed E-state index contributed by atoms with van der Waals surface area (Å²) in [6.07, 6.45) is 3.08. The van der Waals surface area contributed by atoms with Crippen molar-refractivity contribution >= 4 is 23.7 Å². The zero-order valence-electron chi connectivity index (χ0n) is 19.3. The van der Waals surface area contributed by atoms with Crippen molar-refractivity contribution in [2.45, 2.75) is 88.6 Å². The SMILES string of the molecule is CC(O)C(NC(=O)C(CCCCN)NC(=O)C1CCCN1)C(=O)NC(CCCCN)C(=O)O. The molecule has 10 N–H and O–H groups in total. The Balaban J connectivity index is 2.83. The first-order valence-electron chi connectivity index (χ1n) is 11.7. The largest absolute Gasteiger partial charge is 0.480 e. The predicted molar refractivity (Wildman–Crippen MR) is 122 cm³/mol. The average Bonchev–Trinajstić information content (AvgIpc) is 3.30. The molecular weight excluding hydrogens is 432 g/mol. The third-order valence-electron chi connectivity index (χ3n) is 5.58. The van der Waals surface area contributed by atoms with Crippen molar-refractivity contribution in [1.29, 1.82) is 0 Å². The lowest BCUT2D eigenvalue weighted by molar-refractivity contribution is -0.143. The summed E-state index contributed by atoms with van der Waals surface area (Å²) < 4.78 is 0. The zero-order valence-corrected chi connectivity index (χ0v) is 19.3. The molecule has 0 aromatic carbocycles. The van der Waals surface area contributed by atoms with E-state index >= 15 is 0 Å². The Morgan fingerprint density at radius 3 is 2.03 bits per heavy atom. The number of aliphatic hydroxyl groups excluding tert-OH is 1. The molecule has 1 rings (SSSR count). The van der Waals surface area contributed by atoms with Crippen molar-refractivity contribution in [3.8, 4) is 0 Å². The van der Waals surface area contributed by atoms with Gasteiger partial charge in [0.2, 0.25) is 17.7 Å². The summed E-state index contributed by atoms with van der Waals surface area (Å²) in [7, 11) is 0. The van der Waals surface area contributed by atoms with Crippen LogP contribution in [0, 0.1) is 0 Å². The van der Waals surface area contributed by atoms with Gasteiger partial charge < -0.3 is 42.9 Å². The molecule has 33 heavy (non-hydrogen) atoms. The molecule has 1 heterocycles. The first-order valence-corrected chi connectivity index (χ1v) is 11.7. The van der Waals surface area contributed by atoms with E-state index < -0.39 is 42.0 Å². The van der Waals surface area contributed by atoms with Crippen molar-refractivity contribution in [3.05, 3.63) is 0 Å². The van der Waals surface area contributed by atoms with E-state index in [1.807, 2.05) is 0 Å². The maximum absolute atomic E-state index is 12.9. The number of aliphatic carboxylic acids is 1. The molecular formula is C21H40N6O6. The third kappa shape index (κ3) is 10.5. The van der Waals surface area contributed by atoms with Gasteiger partial charge in [0.15, 0.2) is 0 Å². The van der Waals surface area contributed by atoms with Crippen LogP contribution >= 0.6 is 0 Å². The lowest BCUT2D eigenvalue weighted by atomic mass is 10.0. The second kappa shape index (κ2) is 15.5.